The fourth-order valence-corrected chi connectivity index (χ4v) is 2.68. The van der Waals surface area contributed by atoms with Crippen LogP contribution >= 0.6 is 15.9 Å². The second-order valence-electron chi connectivity index (χ2n) is 5.00. The van der Waals surface area contributed by atoms with Crippen LogP contribution in [0, 0.1) is 5.92 Å². The van der Waals surface area contributed by atoms with Gasteiger partial charge in [0.15, 0.2) is 0 Å². The first kappa shape index (κ1) is 13.0. The number of hydrogen-bond donors (Lipinski definition) is 0. The van der Waals surface area contributed by atoms with Gasteiger partial charge in [-0.05, 0) is 18.8 Å². The third kappa shape index (κ3) is 3.07. The molecule has 0 radical (unpaired) electrons. The monoisotopic (exact) mass is 301 g/mol. The highest BCUT2D eigenvalue weighted by Crippen LogP contribution is 2.26. The molecular weight excluding hydrogens is 282 g/mol. The van der Waals surface area contributed by atoms with Crippen LogP contribution in [0.1, 0.15) is 44.3 Å². The van der Waals surface area contributed by atoms with Crippen molar-refractivity contribution < 1.29 is 4.74 Å². The van der Waals surface area contributed by atoms with Crippen LogP contribution in [-0.4, -0.2) is 28.0 Å². The molecule has 5 heteroatoms. The Labute approximate surface area is 111 Å². The molecule has 0 spiro atoms. The largest absolute Gasteiger partial charge is 0.381 e. The van der Waals surface area contributed by atoms with Crippen LogP contribution in [0.4, 0.5) is 0 Å². The summed E-state index contributed by atoms with van der Waals surface area (Å²) in [5.74, 6) is 3.32. The SMILES string of the molecule is CC(C)Cn1c(CBr)nnc1C1CCOCC1. The number of rotatable bonds is 4. The van der Waals surface area contributed by atoms with Crippen LogP contribution in [0.15, 0.2) is 0 Å². The van der Waals surface area contributed by atoms with Gasteiger partial charge in [0.2, 0.25) is 0 Å². The molecule has 1 fully saturated rings. The van der Waals surface area contributed by atoms with Gasteiger partial charge in [0.05, 0.1) is 5.33 Å². The summed E-state index contributed by atoms with van der Waals surface area (Å²) < 4.78 is 7.70. The Morgan fingerprint density at radius 1 is 1.35 bits per heavy atom. The van der Waals surface area contributed by atoms with Crippen LogP contribution < -0.4 is 0 Å². The van der Waals surface area contributed by atoms with E-state index in [4.69, 9.17) is 4.74 Å². The number of aromatic nitrogens is 3. The van der Waals surface area contributed by atoms with E-state index in [0.717, 1.165) is 49.6 Å². The summed E-state index contributed by atoms with van der Waals surface area (Å²) in [5.41, 5.74) is 0. The molecule has 1 aromatic heterocycles. The third-order valence-corrected chi connectivity index (χ3v) is 3.61. The predicted molar refractivity (Wildman–Crippen MR) is 70.3 cm³/mol. The first-order valence-electron chi connectivity index (χ1n) is 6.28. The standard InChI is InChI=1S/C12H20BrN3O/c1-9(2)8-16-11(7-13)14-15-12(16)10-3-5-17-6-4-10/h9-10H,3-8H2,1-2H3. The van der Waals surface area contributed by atoms with Crippen LogP contribution in [0.25, 0.3) is 0 Å². The Kier molecular flexibility index (Phi) is 4.56. The van der Waals surface area contributed by atoms with E-state index in [2.05, 4.69) is 44.5 Å². The lowest BCUT2D eigenvalue weighted by molar-refractivity contribution is 0.0825. The Balaban J connectivity index is 2.22. The maximum absolute atomic E-state index is 5.41. The molecule has 0 unspecified atom stereocenters. The summed E-state index contributed by atoms with van der Waals surface area (Å²) in [7, 11) is 0. The number of ether oxygens (including phenoxy) is 1. The van der Waals surface area contributed by atoms with Crippen molar-refractivity contribution in [3.8, 4) is 0 Å². The number of nitrogens with zero attached hydrogens (tertiary/aromatic N) is 3. The second kappa shape index (κ2) is 5.96. The Morgan fingerprint density at radius 3 is 2.65 bits per heavy atom. The molecule has 0 aliphatic carbocycles. The summed E-state index contributed by atoms with van der Waals surface area (Å²) in [6.45, 7) is 7.16. The Bertz CT molecular complexity index is 359. The highest BCUT2D eigenvalue weighted by molar-refractivity contribution is 9.08. The smallest absolute Gasteiger partial charge is 0.143 e. The van der Waals surface area contributed by atoms with Crippen molar-refractivity contribution >= 4 is 15.9 Å². The first-order chi connectivity index (χ1) is 8.22. The minimum atomic E-state index is 0.516. The lowest BCUT2D eigenvalue weighted by Crippen LogP contribution is -2.20. The van der Waals surface area contributed by atoms with Gasteiger partial charge >= 0.3 is 0 Å². The number of hydrogen-bond acceptors (Lipinski definition) is 3. The molecule has 0 aromatic carbocycles. The quantitative estimate of drug-likeness (QED) is 0.803. The zero-order valence-electron chi connectivity index (χ0n) is 10.5. The molecule has 0 amide bonds. The van der Waals surface area contributed by atoms with E-state index >= 15 is 0 Å². The van der Waals surface area contributed by atoms with Gasteiger partial charge < -0.3 is 9.30 Å². The topological polar surface area (TPSA) is 39.9 Å². The maximum atomic E-state index is 5.41. The van der Waals surface area contributed by atoms with E-state index < -0.39 is 0 Å². The third-order valence-electron chi connectivity index (χ3n) is 3.11. The van der Waals surface area contributed by atoms with Gasteiger partial charge in [-0.15, -0.1) is 10.2 Å². The normalized spacial score (nSPS) is 17.9. The van der Waals surface area contributed by atoms with Crippen molar-refractivity contribution in [3.63, 3.8) is 0 Å². The molecule has 2 heterocycles. The molecule has 0 bridgehead atoms. The van der Waals surface area contributed by atoms with E-state index in [0.29, 0.717) is 11.8 Å². The van der Waals surface area contributed by atoms with E-state index in [1.165, 1.54) is 0 Å². The minimum Gasteiger partial charge on any atom is -0.381 e. The van der Waals surface area contributed by atoms with Crippen LogP contribution in [0.3, 0.4) is 0 Å². The molecule has 1 aliphatic heterocycles. The van der Waals surface area contributed by atoms with Crippen molar-refractivity contribution in [2.75, 3.05) is 13.2 Å². The molecule has 0 saturated carbocycles. The van der Waals surface area contributed by atoms with Gasteiger partial charge in [-0.3, -0.25) is 0 Å². The number of halogens is 1. The lowest BCUT2D eigenvalue weighted by Gasteiger charge is -2.23. The highest BCUT2D eigenvalue weighted by atomic mass is 79.9. The van der Waals surface area contributed by atoms with E-state index in [9.17, 15) is 0 Å². The Morgan fingerprint density at radius 2 is 2.06 bits per heavy atom. The van der Waals surface area contributed by atoms with Crippen LogP contribution in [-0.2, 0) is 16.6 Å². The average molecular weight is 302 g/mol. The van der Waals surface area contributed by atoms with Gasteiger partial charge in [-0.2, -0.15) is 0 Å². The van der Waals surface area contributed by atoms with E-state index in [-0.39, 0.29) is 0 Å². The molecule has 4 nitrogen and oxygen atoms in total. The van der Waals surface area contributed by atoms with Gasteiger partial charge in [-0.1, -0.05) is 29.8 Å². The summed E-state index contributed by atoms with van der Waals surface area (Å²) >= 11 is 3.49. The maximum Gasteiger partial charge on any atom is 0.143 e. The molecule has 1 aliphatic rings. The van der Waals surface area contributed by atoms with E-state index in [1.54, 1.807) is 0 Å². The highest BCUT2D eigenvalue weighted by Gasteiger charge is 2.23. The van der Waals surface area contributed by atoms with Crippen molar-refractivity contribution in [1.29, 1.82) is 0 Å². The number of alkyl halides is 1. The summed E-state index contributed by atoms with van der Waals surface area (Å²) in [5, 5.41) is 9.45. The second-order valence-corrected chi connectivity index (χ2v) is 5.56. The van der Waals surface area contributed by atoms with Crippen molar-refractivity contribution in [1.82, 2.24) is 14.8 Å². The molecule has 96 valence electrons. The average Bonchev–Trinajstić information content (AvgIpc) is 2.72. The minimum absolute atomic E-state index is 0.516. The lowest BCUT2D eigenvalue weighted by atomic mass is 9.99. The van der Waals surface area contributed by atoms with Crippen molar-refractivity contribution in [3.05, 3.63) is 11.6 Å². The molecule has 17 heavy (non-hydrogen) atoms. The van der Waals surface area contributed by atoms with Crippen molar-refractivity contribution in [2.24, 2.45) is 5.92 Å². The molecule has 1 aromatic rings. The van der Waals surface area contributed by atoms with Crippen LogP contribution in [0.2, 0.25) is 0 Å². The predicted octanol–water partition coefficient (Wildman–Crippen LogP) is 2.72. The fraction of sp³-hybridized carbons (Fsp3) is 0.833. The molecule has 1 saturated heterocycles. The zero-order chi connectivity index (χ0) is 12.3. The molecule has 2 rings (SSSR count). The van der Waals surface area contributed by atoms with Crippen LogP contribution in [0.5, 0.6) is 0 Å². The summed E-state index contributed by atoms with van der Waals surface area (Å²) in [6.07, 6.45) is 2.14. The van der Waals surface area contributed by atoms with Gasteiger partial charge in [0, 0.05) is 25.7 Å². The first-order valence-corrected chi connectivity index (χ1v) is 7.40. The zero-order valence-corrected chi connectivity index (χ0v) is 12.1. The summed E-state index contributed by atoms with van der Waals surface area (Å²) in [6, 6.07) is 0. The molecular formula is C12H20BrN3O. The van der Waals surface area contributed by atoms with Crippen molar-refractivity contribution in [2.45, 2.75) is 44.5 Å². The van der Waals surface area contributed by atoms with Gasteiger partial charge in [-0.25, -0.2) is 0 Å². The van der Waals surface area contributed by atoms with E-state index in [1.807, 2.05) is 0 Å². The van der Waals surface area contributed by atoms with Gasteiger partial charge in [0.1, 0.15) is 11.6 Å². The Hall–Kier alpha value is -0.420. The summed E-state index contributed by atoms with van der Waals surface area (Å²) in [4.78, 5) is 0. The molecule has 0 atom stereocenters. The molecule has 0 N–H and O–H groups in total. The van der Waals surface area contributed by atoms with Gasteiger partial charge in [0.25, 0.3) is 0 Å². The fourth-order valence-electron chi connectivity index (χ4n) is 2.27.